The number of Topliss-reactive ketones (excluding diaryl/α,β-unsaturated/α-hetero) is 1. The van der Waals surface area contributed by atoms with E-state index < -0.39 is 6.61 Å². The number of ether oxygens (including phenoxy) is 2. The van der Waals surface area contributed by atoms with Crippen LogP contribution in [0.2, 0.25) is 0 Å². The number of ketones is 1. The molecular formula is C17H13F2N3O3. The third-order valence-corrected chi connectivity index (χ3v) is 3.33. The van der Waals surface area contributed by atoms with E-state index in [9.17, 15) is 13.6 Å². The number of hydrogen-bond donors (Lipinski definition) is 1. The quantitative estimate of drug-likeness (QED) is 0.682. The van der Waals surface area contributed by atoms with E-state index in [4.69, 9.17) is 4.74 Å². The fourth-order valence-electron chi connectivity index (χ4n) is 2.20. The topological polar surface area (TPSA) is 77.1 Å². The maximum Gasteiger partial charge on any atom is 0.387 e. The highest BCUT2D eigenvalue weighted by atomic mass is 19.3. The number of aromatic amines is 1. The standard InChI is InChI=1S/C17H13F2N3O3/c1-10(23)15-16(21-22-20-15)24-13-7-5-11(6-8-13)12-3-2-4-14(9-12)25-17(18)19/h2-9,17H,1H3,(H,20,21,22). The van der Waals surface area contributed by atoms with Crippen LogP contribution >= 0.6 is 0 Å². The zero-order valence-electron chi connectivity index (χ0n) is 13.1. The first-order chi connectivity index (χ1) is 12.0. The second-order valence-electron chi connectivity index (χ2n) is 5.08. The minimum Gasteiger partial charge on any atom is -0.436 e. The summed E-state index contributed by atoms with van der Waals surface area (Å²) in [6, 6.07) is 13.2. The van der Waals surface area contributed by atoms with Crippen LogP contribution in [0.3, 0.4) is 0 Å². The van der Waals surface area contributed by atoms with E-state index in [1.807, 2.05) is 0 Å². The molecule has 6 nitrogen and oxygen atoms in total. The van der Waals surface area contributed by atoms with Gasteiger partial charge in [-0.2, -0.15) is 8.78 Å². The second kappa shape index (κ2) is 7.08. The number of nitrogens with zero attached hydrogens (tertiary/aromatic N) is 2. The maximum absolute atomic E-state index is 12.3. The van der Waals surface area contributed by atoms with Crippen molar-refractivity contribution in [2.24, 2.45) is 0 Å². The summed E-state index contributed by atoms with van der Waals surface area (Å²) in [5, 5.41) is 9.73. The Morgan fingerprint density at radius 1 is 1.08 bits per heavy atom. The van der Waals surface area contributed by atoms with Gasteiger partial charge in [0.2, 0.25) is 0 Å². The summed E-state index contributed by atoms with van der Waals surface area (Å²) >= 11 is 0. The molecule has 0 atom stereocenters. The minimum absolute atomic E-state index is 0.0847. The molecule has 0 amide bonds. The van der Waals surface area contributed by atoms with Crippen LogP contribution in [0.15, 0.2) is 48.5 Å². The smallest absolute Gasteiger partial charge is 0.387 e. The lowest BCUT2D eigenvalue weighted by atomic mass is 10.1. The van der Waals surface area contributed by atoms with Crippen LogP contribution in [0.5, 0.6) is 17.4 Å². The van der Waals surface area contributed by atoms with Crippen molar-refractivity contribution in [1.82, 2.24) is 15.4 Å². The third kappa shape index (κ3) is 3.97. The van der Waals surface area contributed by atoms with Crippen LogP contribution < -0.4 is 9.47 Å². The van der Waals surface area contributed by atoms with Gasteiger partial charge in [-0.05, 0) is 35.4 Å². The van der Waals surface area contributed by atoms with Gasteiger partial charge in [0.15, 0.2) is 11.5 Å². The molecule has 25 heavy (non-hydrogen) atoms. The first-order valence-corrected chi connectivity index (χ1v) is 7.28. The van der Waals surface area contributed by atoms with Crippen molar-refractivity contribution < 1.29 is 23.0 Å². The molecule has 0 aliphatic rings. The summed E-state index contributed by atoms with van der Waals surface area (Å²) in [7, 11) is 0. The summed E-state index contributed by atoms with van der Waals surface area (Å²) in [6.45, 7) is -1.50. The number of alkyl halides is 2. The fourth-order valence-corrected chi connectivity index (χ4v) is 2.20. The van der Waals surface area contributed by atoms with E-state index in [-0.39, 0.29) is 23.1 Å². The Morgan fingerprint density at radius 2 is 1.84 bits per heavy atom. The average molecular weight is 345 g/mol. The number of rotatable bonds is 6. The van der Waals surface area contributed by atoms with Crippen molar-refractivity contribution in [2.45, 2.75) is 13.5 Å². The maximum atomic E-state index is 12.3. The van der Waals surface area contributed by atoms with Gasteiger partial charge >= 0.3 is 6.61 Å². The van der Waals surface area contributed by atoms with Crippen LogP contribution in [0.1, 0.15) is 17.4 Å². The molecule has 0 unspecified atom stereocenters. The normalized spacial score (nSPS) is 10.7. The Hall–Kier alpha value is -3.29. The molecule has 1 heterocycles. The van der Waals surface area contributed by atoms with Crippen molar-refractivity contribution in [3.63, 3.8) is 0 Å². The van der Waals surface area contributed by atoms with Crippen molar-refractivity contribution in [2.75, 3.05) is 0 Å². The molecule has 0 fully saturated rings. The van der Waals surface area contributed by atoms with Crippen LogP contribution in [0.25, 0.3) is 11.1 Å². The van der Waals surface area contributed by atoms with E-state index in [1.54, 1.807) is 36.4 Å². The molecule has 0 saturated heterocycles. The van der Waals surface area contributed by atoms with Crippen LogP contribution in [0, 0.1) is 0 Å². The number of halogens is 2. The molecule has 3 aromatic rings. The Labute approximate surface area is 141 Å². The molecule has 0 saturated carbocycles. The number of H-pyrrole nitrogens is 1. The Morgan fingerprint density at radius 3 is 2.52 bits per heavy atom. The van der Waals surface area contributed by atoms with Crippen LogP contribution in [0.4, 0.5) is 8.78 Å². The molecule has 8 heteroatoms. The monoisotopic (exact) mass is 345 g/mol. The summed E-state index contributed by atoms with van der Waals surface area (Å²) in [5.74, 6) is 0.390. The van der Waals surface area contributed by atoms with Crippen LogP contribution in [-0.4, -0.2) is 27.8 Å². The van der Waals surface area contributed by atoms with E-state index >= 15 is 0 Å². The van der Waals surface area contributed by atoms with Gasteiger partial charge in [0.25, 0.3) is 5.88 Å². The zero-order chi connectivity index (χ0) is 17.8. The molecule has 0 aliphatic carbocycles. The highest BCUT2D eigenvalue weighted by molar-refractivity contribution is 5.94. The first-order valence-electron chi connectivity index (χ1n) is 7.28. The zero-order valence-corrected chi connectivity index (χ0v) is 13.1. The predicted octanol–water partition coefficient (Wildman–Crippen LogP) is 4.07. The van der Waals surface area contributed by atoms with Gasteiger partial charge in [-0.25, -0.2) is 0 Å². The van der Waals surface area contributed by atoms with Gasteiger partial charge in [0, 0.05) is 6.92 Å². The van der Waals surface area contributed by atoms with Gasteiger partial charge in [-0.1, -0.05) is 34.6 Å². The predicted molar refractivity (Wildman–Crippen MR) is 85.0 cm³/mol. The lowest BCUT2D eigenvalue weighted by Crippen LogP contribution is -2.01. The molecule has 0 spiro atoms. The summed E-state index contributed by atoms with van der Waals surface area (Å²) in [5.41, 5.74) is 1.69. The molecule has 0 radical (unpaired) electrons. The van der Waals surface area contributed by atoms with E-state index in [1.165, 1.54) is 19.1 Å². The van der Waals surface area contributed by atoms with Crippen LogP contribution in [-0.2, 0) is 0 Å². The fraction of sp³-hybridized carbons (Fsp3) is 0.118. The summed E-state index contributed by atoms with van der Waals surface area (Å²) in [4.78, 5) is 11.4. The first kappa shape index (κ1) is 16.6. The van der Waals surface area contributed by atoms with Gasteiger partial charge in [-0.3, -0.25) is 9.89 Å². The third-order valence-electron chi connectivity index (χ3n) is 3.33. The largest absolute Gasteiger partial charge is 0.436 e. The molecule has 1 N–H and O–H groups in total. The highest BCUT2D eigenvalue weighted by Crippen LogP contribution is 2.28. The number of nitrogens with one attached hydrogen (secondary N) is 1. The second-order valence-corrected chi connectivity index (χ2v) is 5.08. The molecule has 2 aromatic carbocycles. The van der Waals surface area contributed by atoms with E-state index in [0.29, 0.717) is 5.75 Å². The number of carbonyl (C=O) groups excluding carboxylic acids is 1. The number of carbonyl (C=O) groups is 1. The van der Waals surface area contributed by atoms with Crippen molar-refractivity contribution in [3.05, 3.63) is 54.2 Å². The lowest BCUT2D eigenvalue weighted by Gasteiger charge is -2.08. The Kier molecular flexibility index (Phi) is 4.69. The van der Waals surface area contributed by atoms with Gasteiger partial charge in [0.05, 0.1) is 0 Å². The molecule has 0 bridgehead atoms. The summed E-state index contributed by atoms with van der Waals surface area (Å²) < 4.78 is 34.5. The number of hydrogen-bond acceptors (Lipinski definition) is 5. The number of aromatic nitrogens is 3. The SMILES string of the molecule is CC(=O)c1[nH]nnc1Oc1ccc(-c2cccc(OC(F)F)c2)cc1. The lowest BCUT2D eigenvalue weighted by molar-refractivity contribution is -0.0498. The van der Waals surface area contributed by atoms with Gasteiger partial charge in [-0.15, -0.1) is 0 Å². The molecule has 0 aliphatic heterocycles. The molecule has 3 rings (SSSR count). The van der Waals surface area contributed by atoms with E-state index in [0.717, 1.165) is 11.1 Å². The Balaban J connectivity index is 1.78. The van der Waals surface area contributed by atoms with Crippen molar-refractivity contribution in [1.29, 1.82) is 0 Å². The van der Waals surface area contributed by atoms with E-state index in [2.05, 4.69) is 20.1 Å². The molecule has 128 valence electrons. The van der Waals surface area contributed by atoms with Crippen molar-refractivity contribution >= 4 is 5.78 Å². The molecular weight excluding hydrogens is 332 g/mol. The average Bonchev–Trinajstić information content (AvgIpc) is 3.03. The molecule has 1 aromatic heterocycles. The van der Waals surface area contributed by atoms with Gasteiger partial charge < -0.3 is 9.47 Å². The van der Waals surface area contributed by atoms with Crippen molar-refractivity contribution in [3.8, 4) is 28.5 Å². The Bertz CT molecular complexity index is 879. The van der Waals surface area contributed by atoms with Gasteiger partial charge in [0.1, 0.15) is 11.5 Å². The number of benzene rings is 2. The minimum atomic E-state index is -2.87. The highest BCUT2D eigenvalue weighted by Gasteiger charge is 2.14. The summed E-state index contributed by atoms with van der Waals surface area (Å²) in [6.07, 6.45) is 0.